The molecular formula is C13H33N5. The molecule has 0 aliphatic carbocycles. The van der Waals surface area contributed by atoms with Gasteiger partial charge in [0.05, 0.1) is 0 Å². The maximum absolute atomic E-state index is 5.53. The molecular weight excluding hydrogens is 226 g/mol. The fourth-order valence-electron chi connectivity index (χ4n) is 1.61. The summed E-state index contributed by atoms with van der Waals surface area (Å²) < 4.78 is 0. The summed E-state index contributed by atoms with van der Waals surface area (Å²) in [4.78, 5) is 9.29. The van der Waals surface area contributed by atoms with Gasteiger partial charge in [0.1, 0.15) is 0 Å². The van der Waals surface area contributed by atoms with Crippen molar-refractivity contribution in [2.75, 3.05) is 87.6 Å². The van der Waals surface area contributed by atoms with Crippen molar-refractivity contribution in [3.05, 3.63) is 0 Å². The van der Waals surface area contributed by atoms with Gasteiger partial charge in [0.15, 0.2) is 0 Å². The number of nitrogens with two attached hydrogens (primary N) is 1. The predicted molar refractivity (Wildman–Crippen MR) is 80.1 cm³/mol. The summed E-state index contributed by atoms with van der Waals surface area (Å²) in [6, 6.07) is 0. The molecule has 5 nitrogen and oxygen atoms in total. The predicted octanol–water partition coefficient (Wildman–Crippen LogP) is -0.698. The van der Waals surface area contributed by atoms with Crippen LogP contribution in [0, 0.1) is 0 Å². The maximum Gasteiger partial charge on any atom is 0.0107 e. The van der Waals surface area contributed by atoms with Crippen LogP contribution in [0.3, 0.4) is 0 Å². The number of likely N-dealkylation sites (N-methyl/N-ethyl adjacent to an activating group) is 4. The van der Waals surface area contributed by atoms with Gasteiger partial charge in [-0.25, -0.2) is 0 Å². The zero-order chi connectivity index (χ0) is 14.0. The van der Waals surface area contributed by atoms with Crippen molar-refractivity contribution in [1.29, 1.82) is 0 Å². The first-order chi connectivity index (χ1) is 8.45. The van der Waals surface area contributed by atoms with Crippen LogP contribution >= 0.6 is 0 Å². The molecule has 0 unspecified atom stereocenters. The van der Waals surface area contributed by atoms with Gasteiger partial charge < -0.3 is 25.3 Å². The zero-order valence-corrected chi connectivity index (χ0v) is 13.0. The molecule has 0 aromatic rings. The molecule has 0 fully saturated rings. The van der Waals surface area contributed by atoms with E-state index < -0.39 is 0 Å². The minimum Gasteiger partial charge on any atom is -0.329 e. The highest BCUT2D eigenvalue weighted by Gasteiger charge is 2.04. The molecule has 0 spiro atoms. The monoisotopic (exact) mass is 259 g/mol. The second kappa shape index (κ2) is 10.7. The molecule has 18 heavy (non-hydrogen) atoms. The molecule has 0 saturated carbocycles. The molecule has 0 aromatic heterocycles. The fraction of sp³-hybridized carbons (Fsp3) is 1.00. The molecule has 0 radical (unpaired) electrons. The largest absolute Gasteiger partial charge is 0.329 e. The Morgan fingerprint density at radius 3 is 1.22 bits per heavy atom. The lowest BCUT2D eigenvalue weighted by Crippen LogP contribution is -2.38. The van der Waals surface area contributed by atoms with Gasteiger partial charge in [-0.05, 0) is 35.2 Å². The van der Waals surface area contributed by atoms with E-state index in [1.165, 1.54) is 0 Å². The Kier molecular flexibility index (Phi) is 10.6. The summed E-state index contributed by atoms with van der Waals surface area (Å²) in [7, 11) is 10.7. The normalized spacial score (nSPS) is 12.3. The van der Waals surface area contributed by atoms with Crippen LogP contribution in [-0.2, 0) is 0 Å². The van der Waals surface area contributed by atoms with Crippen molar-refractivity contribution in [3.8, 4) is 0 Å². The van der Waals surface area contributed by atoms with Gasteiger partial charge in [0.2, 0.25) is 0 Å². The summed E-state index contributed by atoms with van der Waals surface area (Å²) in [5.74, 6) is 0. The average Bonchev–Trinajstić information content (AvgIpc) is 2.31. The molecule has 0 saturated heterocycles. The van der Waals surface area contributed by atoms with Crippen molar-refractivity contribution in [2.24, 2.45) is 5.73 Å². The molecule has 0 aromatic carbocycles. The molecule has 0 bridgehead atoms. The third-order valence-electron chi connectivity index (χ3n) is 3.17. The first kappa shape index (κ1) is 17.8. The van der Waals surface area contributed by atoms with Gasteiger partial charge >= 0.3 is 0 Å². The third kappa shape index (κ3) is 10.9. The van der Waals surface area contributed by atoms with E-state index in [9.17, 15) is 0 Å². The lowest BCUT2D eigenvalue weighted by atomic mass is 10.4. The number of nitrogens with zero attached hydrogens (tertiary/aromatic N) is 4. The molecule has 0 amide bonds. The van der Waals surface area contributed by atoms with Crippen molar-refractivity contribution >= 4 is 0 Å². The minimum atomic E-state index is 0.744. The smallest absolute Gasteiger partial charge is 0.0107 e. The second-order valence-corrected chi connectivity index (χ2v) is 5.50. The summed E-state index contributed by atoms with van der Waals surface area (Å²) >= 11 is 0. The molecule has 2 N–H and O–H groups in total. The topological polar surface area (TPSA) is 39.0 Å². The van der Waals surface area contributed by atoms with Crippen LogP contribution < -0.4 is 5.73 Å². The van der Waals surface area contributed by atoms with E-state index in [1.807, 2.05) is 0 Å². The summed E-state index contributed by atoms with van der Waals surface area (Å²) in [5.41, 5.74) is 5.53. The first-order valence-corrected chi connectivity index (χ1v) is 6.86. The first-order valence-electron chi connectivity index (χ1n) is 6.86. The molecule has 5 heteroatoms. The van der Waals surface area contributed by atoms with Crippen molar-refractivity contribution < 1.29 is 0 Å². The third-order valence-corrected chi connectivity index (χ3v) is 3.17. The summed E-state index contributed by atoms with van der Waals surface area (Å²) in [5, 5.41) is 0. The van der Waals surface area contributed by atoms with Gasteiger partial charge in [-0.1, -0.05) is 0 Å². The number of hydrogen-bond acceptors (Lipinski definition) is 5. The second-order valence-electron chi connectivity index (χ2n) is 5.50. The van der Waals surface area contributed by atoms with Crippen molar-refractivity contribution in [3.63, 3.8) is 0 Å². The quantitative estimate of drug-likeness (QED) is 0.531. The lowest BCUT2D eigenvalue weighted by Gasteiger charge is -2.25. The van der Waals surface area contributed by atoms with Crippen LogP contribution in [-0.4, -0.2) is 107 Å². The van der Waals surface area contributed by atoms with E-state index in [1.54, 1.807) is 0 Å². The van der Waals surface area contributed by atoms with Crippen LogP contribution in [0.5, 0.6) is 0 Å². The van der Waals surface area contributed by atoms with Crippen molar-refractivity contribution in [1.82, 2.24) is 19.6 Å². The van der Waals surface area contributed by atoms with Crippen LogP contribution in [0.25, 0.3) is 0 Å². The Hall–Kier alpha value is -0.200. The Bertz CT molecular complexity index is 186. The van der Waals surface area contributed by atoms with Gasteiger partial charge in [-0.2, -0.15) is 0 Å². The van der Waals surface area contributed by atoms with E-state index >= 15 is 0 Å². The van der Waals surface area contributed by atoms with Crippen LogP contribution in [0.4, 0.5) is 0 Å². The molecule has 0 aliphatic heterocycles. The maximum atomic E-state index is 5.53. The average molecular weight is 259 g/mol. The number of hydrogen-bond donors (Lipinski definition) is 1. The SMILES string of the molecule is CN(C)CCN(C)CCN(C)CCN(C)CCN. The fourth-order valence-corrected chi connectivity index (χ4v) is 1.61. The molecule has 0 atom stereocenters. The molecule has 0 heterocycles. The Balaban J connectivity index is 3.54. The zero-order valence-electron chi connectivity index (χ0n) is 13.0. The molecule has 110 valence electrons. The van der Waals surface area contributed by atoms with E-state index in [4.69, 9.17) is 5.73 Å². The van der Waals surface area contributed by atoms with E-state index in [0.717, 1.165) is 52.4 Å². The van der Waals surface area contributed by atoms with Gasteiger partial charge in [0.25, 0.3) is 0 Å². The lowest BCUT2D eigenvalue weighted by molar-refractivity contribution is 0.218. The van der Waals surface area contributed by atoms with E-state index in [0.29, 0.717) is 0 Å². The van der Waals surface area contributed by atoms with Crippen LogP contribution in [0.15, 0.2) is 0 Å². The van der Waals surface area contributed by atoms with Crippen molar-refractivity contribution in [2.45, 2.75) is 0 Å². The highest BCUT2D eigenvalue weighted by molar-refractivity contribution is 4.61. The summed E-state index contributed by atoms with van der Waals surface area (Å²) in [6.07, 6.45) is 0. The minimum absolute atomic E-state index is 0.744. The highest BCUT2D eigenvalue weighted by Crippen LogP contribution is 1.89. The molecule has 0 aliphatic rings. The van der Waals surface area contributed by atoms with Crippen LogP contribution in [0.1, 0.15) is 0 Å². The Morgan fingerprint density at radius 2 is 0.889 bits per heavy atom. The number of rotatable bonds is 11. The Labute approximate surface area is 113 Å². The van der Waals surface area contributed by atoms with Gasteiger partial charge in [0, 0.05) is 52.4 Å². The van der Waals surface area contributed by atoms with E-state index in [-0.39, 0.29) is 0 Å². The summed E-state index contributed by atoms with van der Waals surface area (Å²) in [6.45, 7) is 8.44. The molecule has 0 rings (SSSR count). The van der Waals surface area contributed by atoms with E-state index in [2.05, 4.69) is 54.8 Å². The van der Waals surface area contributed by atoms with Crippen LogP contribution in [0.2, 0.25) is 0 Å². The van der Waals surface area contributed by atoms with Gasteiger partial charge in [-0.15, -0.1) is 0 Å². The standard InChI is InChI=1S/C13H33N5/c1-15(2)8-9-17(4)12-13-18(5)11-10-16(3)7-6-14/h6-14H2,1-5H3. The highest BCUT2D eigenvalue weighted by atomic mass is 15.2. The Morgan fingerprint density at radius 1 is 0.556 bits per heavy atom. The van der Waals surface area contributed by atoms with Gasteiger partial charge in [-0.3, -0.25) is 0 Å².